The lowest BCUT2D eigenvalue weighted by Gasteiger charge is -2.24. The molecule has 40 heavy (non-hydrogen) atoms. The van der Waals surface area contributed by atoms with E-state index in [2.05, 4.69) is 32.1 Å². The molecule has 0 saturated carbocycles. The lowest BCUT2D eigenvalue weighted by molar-refractivity contribution is -0.111. The van der Waals surface area contributed by atoms with Gasteiger partial charge in [-0.05, 0) is 56.6 Å². The SMILES string of the molecule is C=CC(=O)Nc1cc(Nc2ncc3cc(Oc4ccc(F)cc4F)c(=O)n(C)c3n2)ccc1N(C)CCN(C)C. The quantitative estimate of drug-likeness (QED) is 0.283. The van der Waals surface area contributed by atoms with Crippen molar-refractivity contribution in [2.24, 2.45) is 7.05 Å². The number of benzene rings is 2. The molecule has 0 atom stereocenters. The third kappa shape index (κ3) is 6.41. The Bertz CT molecular complexity index is 1640. The number of ether oxygens (including phenoxy) is 1. The molecule has 0 fully saturated rings. The minimum Gasteiger partial charge on any atom is -0.448 e. The Morgan fingerprint density at radius 3 is 2.58 bits per heavy atom. The zero-order valence-corrected chi connectivity index (χ0v) is 22.5. The zero-order chi connectivity index (χ0) is 29.0. The number of hydrogen-bond donors (Lipinski definition) is 2. The van der Waals surface area contributed by atoms with Crippen molar-refractivity contribution in [1.82, 2.24) is 19.4 Å². The molecule has 0 aliphatic carbocycles. The van der Waals surface area contributed by atoms with E-state index in [0.29, 0.717) is 28.5 Å². The molecular weight excluding hydrogens is 520 g/mol. The van der Waals surface area contributed by atoms with Gasteiger partial charge in [0, 0.05) is 50.5 Å². The van der Waals surface area contributed by atoms with Crippen molar-refractivity contribution in [1.29, 1.82) is 0 Å². The molecule has 0 aliphatic heterocycles. The van der Waals surface area contributed by atoms with E-state index in [1.807, 2.05) is 38.2 Å². The summed E-state index contributed by atoms with van der Waals surface area (Å²) >= 11 is 0. The van der Waals surface area contributed by atoms with E-state index in [-0.39, 0.29) is 23.4 Å². The summed E-state index contributed by atoms with van der Waals surface area (Å²) in [5, 5.41) is 6.39. The van der Waals surface area contributed by atoms with Gasteiger partial charge in [0.1, 0.15) is 11.5 Å². The number of hydrogen-bond acceptors (Lipinski definition) is 8. The largest absolute Gasteiger partial charge is 0.448 e. The number of likely N-dealkylation sites (N-methyl/N-ethyl adjacent to an activating group) is 2. The van der Waals surface area contributed by atoms with E-state index < -0.39 is 17.2 Å². The fraction of sp³-hybridized carbons (Fsp3) is 0.214. The summed E-state index contributed by atoms with van der Waals surface area (Å²) < 4.78 is 34.0. The molecule has 2 heterocycles. The number of amides is 1. The maximum Gasteiger partial charge on any atom is 0.294 e. The van der Waals surface area contributed by atoms with E-state index in [1.165, 1.54) is 30.0 Å². The molecule has 0 bridgehead atoms. The number of fused-ring (bicyclic) bond motifs is 1. The molecule has 10 nitrogen and oxygen atoms in total. The number of aryl methyl sites for hydroxylation is 1. The Morgan fingerprint density at radius 2 is 1.88 bits per heavy atom. The number of carbonyl (C=O) groups excluding carboxylic acids is 1. The van der Waals surface area contributed by atoms with Gasteiger partial charge in [-0.2, -0.15) is 4.98 Å². The summed E-state index contributed by atoms with van der Waals surface area (Å²) in [5.74, 6) is -2.29. The van der Waals surface area contributed by atoms with E-state index in [4.69, 9.17) is 4.74 Å². The third-order valence-electron chi connectivity index (χ3n) is 6.02. The van der Waals surface area contributed by atoms with Gasteiger partial charge in [0.05, 0.1) is 11.4 Å². The van der Waals surface area contributed by atoms with Crippen molar-refractivity contribution >= 4 is 40.0 Å². The number of halogens is 2. The van der Waals surface area contributed by atoms with E-state index in [0.717, 1.165) is 30.9 Å². The lowest BCUT2D eigenvalue weighted by Crippen LogP contribution is -2.29. The minimum absolute atomic E-state index is 0.165. The van der Waals surface area contributed by atoms with Crippen molar-refractivity contribution in [3.8, 4) is 11.5 Å². The van der Waals surface area contributed by atoms with E-state index in [1.54, 1.807) is 6.07 Å². The summed E-state index contributed by atoms with van der Waals surface area (Å²) in [6, 6.07) is 9.65. The van der Waals surface area contributed by atoms with Crippen LogP contribution in [-0.4, -0.2) is 59.6 Å². The second-order valence-electron chi connectivity index (χ2n) is 9.30. The number of anilines is 4. The Balaban J connectivity index is 1.63. The summed E-state index contributed by atoms with van der Waals surface area (Å²) in [6.07, 6.45) is 2.68. The standard InChI is InChI=1S/C28H29F2N7O3/c1-6-25(38)33-21-15-19(8-9-22(21)36(4)12-11-35(2)3)32-28-31-16-17-13-24(27(39)37(5)26(17)34-28)40-23-10-7-18(29)14-20(23)30/h6-10,13-16H,1,11-12H2,2-5H3,(H,33,38)(H,31,32,34). The third-order valence-corrected chi connectivity index (χ3v) is 6.02. The van der Waals surface area contributed by atoms with Gasteiger partial charge >= 0.3 is 0 Å². The van der Waals surface area contributed by atoms with Crippen molar-refractivity contribution < 1.29 is 18.3 Å². The summed E-state index contributed by atoms with van der Waals surface area (Å²) in [5.41, 5.74) is 1.71. The highest BCUT2D eigenvalue weighted by molar-refractivity contribution is 6.01. The van der Waals surface area contributed by atoms with Crippen molar-refractivity contribution in [2.45, 2.75) is 0 Å². The average molecular weight is 550 g/mol. The molecule has 0 saturated heterocycles. The van der Waals surface area contributed by atoms with Crippen LogP contribution in [0.1, 0.15) is 0 Å². The number of nitrogens with one attached hydrogen (secondary N) is 2. The monoisotopic (exact) mass is 549 g/mol. The summed E-state index contributed by atoms with van der Waals surface area (Å²) in [6.45, 7) is 5.08. The van der Waals surface area contributed by atoms with E-state index in [9.17, 15) is 18.4 Å². The van der Waals surface area contributed by atoms with Gasteiger partial charge in [-0.25, -0.2) is 13.8 Å². The molecule has 2 aromatic carbocycles. The molecule has 0 unspecified atom stereocenters. The van der Waals surface area contributed by atoms with Crippen LogP contribution in [0.2, 0.25) is 0 Å². The fourth-order valence-corrected chi connectivity index (χ4v) is 3.86. The number of rotatable bonds is 10. The fourth-order valence-electron chi connectivity index (χ4n) is 3.86. The molecule has 2 N–H and O–H groups in total. The Hall–Kier alpha value is -4.84. The first-order chi connectivity index (χ1) is 19.0. The molecule has 0 aliphatic rings. The Kier molecular flexibility index (Phi) is 8.39. The van der Waals surface area contributed by atoms with Gasteiger partial charge in [0.25, 0.3) is 5.56 Å². The van der Waals surface area contributed by atoms with Gasteiger partial charge in [-0.1, -0.05) is 6.58 Å². The number of pyridine rings is 1. The number of carbonyl (C=O) groups is 1. The smallest absolute Gasteiger partial charge is 0.294 e. The molecule has 0 spiro atoms. The van der Waals surface area contributed by atoms with Crippen LogP contribution in [0.15, 0.2) is 66.1 Å². The highest BCUT2D eigenvalue weighted by atomic mass is 19.1. The van der Waals surface area contributed by atoms with Crippen molar-refractivity contribution in [3.63, 3.8) is 0 Å². The molecule has 1 amide bonds. The van der Waals surface area contributed by atoms with Crippen LogP contribution in [-0.2, 0) is 11.8 Å². The highest BCUT2D eigenvalue weighted by Crippen LogP contribution is 2.30. The molecule has 4 aromatic rings. The van der Waals surface area contributed by atoms with Crippen molar-refractivity contribution in [2.75, 3.05) is 49.8 Å². The number of aromatic nitrogens is 3. The average Bonchev–Trinajstić information content (AvgIpc) is 2.92. The van der Waals surface area contributed by atoms with Gasteiger partial charge < -0.3 is 25.2 Å². The maximum absolute atomic E-state index is 14.1. The first-order valence-corrected chi connectivity index (χ1v) is 12.3. The van der Waals surface area contributed by atoms with Gasteiger partial charge in [0.15, 0.2) is 17.3 Å². The van der Waals surface area contributed by atoms with Crippen LogP contribution >= 0.6 is 0 Å². The molecule has 12 heteroatoms. The predicted octanol–water partition coefficient (Wildman–Crippen LogP) is 4.26. The minimum atomic E-state index is -0.934. The molecular formula is C28H29F2N7O3. The lowest BCUT2D eigenvalue weighted by atomic mass is 10.2. The maximum atomic E-state index is 14.1. The molecule has 4 rings (SSSR count). The second kappa shape index (κ2) is 11.9. The van der Waals surface area contributed by atoms with Crippen molar-refractivity contribution in [3.05, 3.63) is 83.3 Å². The summed E-state index contributed by atoms with van der Waals surface area (Å²) in [7, 11) is 7.40. The molecule has 2 aromatic heterocycles. The number of nitrogens with zero attached hydrogens (tertiary/aromatic N) is 5. The van der Waals surface area contributed by atoms with Crippen LogP contribution in [0, 0.1) is 11.6 Å². The predicted molar refractivity (Wildman–Crippen MR) is 152 cm³/mol. The van der Waals surface area contributed by atoms with E-state index >= 15 is 0 Å². The second-order valence-corrected chi connectivity index (χ2v) is 9.30. The van der Waals surface area contributed by atoms with Crippen LogP contribution in [0.5, 0.6) is 11.5 Å². The Morgan fingerprint density at radius 1 is 1.10 bits per heavy atom. The topological polar surface area (TPSA) is 105 Å². The Labute approximate surface area is 229 Å². The van der Waals surface area contributed by atoms with Gasteiger partial charge in [-0.3, -0.25) is 14.2 Å². The molecule has 208 valence electrons. The normalized spacial score (nSPS) is 11.0. The van der Waals surface area contributed by atoms with Crippen LogP contribution < -0.4 is 25.8 Å². The van der Waals surface area contributed by atoms with Crippen LogP contribution in [0.3, 0.4) is 0 Å². The first-order valence-electron chi connectivity index (χ1n) is 12.3. The summed E-state index contributed by atoms with van der Waals surface area (Å²) in [4.78, 5) is 37.9. The van der Waals surface area contributed by atoms with Gasteiger partial charge in [-0.15, -0.1) is 0 Å². The molecule has 0 radical (unpaired) electrons. The first kappa shape index (κ1) is 28.2. The zero-order valence-electron chi connectivity index (χ0n) is 22.5. The van der Waals surface area contributed by atoms with Crippen LogP contribution in [0.25, 0.3) is 11.0 Å². The highest BCUT2D eigenvalue weighted by Gasteiger charge is 2.15. The van der Waals surface area contributed by atoms with Crippen LogP contribution in [0.4, 0.5) is 31.8 Å². The van der Waals surface area contributed by atoms with Gasteiger partial charge in [0.2, 0.25) is 11.9 Å².